The minimum atomic E-state index is 0.252. The van der Waals surface area contributed by atoms with Crippen molar-refractivity contribution in [2.75, 3.05) is 18.0 Å². The smallest absolute Gasteiger partial charge is 0.0773 e. The molecule has 0 radical (unpaired) electrons. The Balaban J connectivity index is 2.70. The second kappa shape index (κ2) is 7.28. The zero-order valence-corrected chi connectivity index (χ0v) is 11.5. The van der Waals surface area contributed by atoms with E-state index < -0.39 is 0 Å². The number of nitrogens with two attached hydrogens (primary N) is 1. The van der Waals surface area contributed by atoms with Crippen molar-refractivity contribution in [2.24, 2.45) is 11.7 Å². The molecule has 3 heteroatoms. The number of anilines is 1. The van der Waals surface area contributed by atoms with Gasteiger partial charge in [0.1, 0.15) is 0 Å². The van der Waals surface area contributed by atoms with Crippen molar-refractivity contribution in [1.29, 1.82) is 0 Å². The van der Waals surface area contributed by atoms with Gasteiger partial charge in [0.15, 0.2) is 0 Å². The molecule has 0 aliphatic carbocycles. The van der Waals surface area contributed by atoms with E-state index in [0.29, 0.717) is 4.99 Å². The minimum Gasteiger partial charge on any atom is -0.393 e. The summed E-state index contributed by atoms with van der Waals surface area (Å²) in [6.07, 6.45) is 2.39. The fourth-order valence-corrected chi connectivity index (χ4v) is 1.81. The van der Waals surface area contributed by atoms with Crippen LogP contribution >= 0.6 is 12.2 Å². The van der Waals surface area contributed by atoms with Gasteiger partial charge in [-0.3, -0.25) is 0 Å². The highest BCUT2D eigenvalue weighted by molar-refractivity contribution is 7.80. The van der Waals surface area contributed by atoms with E-state index in [4.69, 9.17) is 18.0 Å². The van der Waals surface area contributed by atoms with Crippen molar-refractivity contribution >= 4 is 22.9 Å². The fraction of sp³-hybridized carbons (Fsp3) is 0.500. The molecule has 0 saturated carbocycles. The molecule has 0 fully saturated rings. The molecular formula is C14H22N2S. The zero-order valence-electron chi connectivity index (χ0n) is 10.7. The molecule has 2 nitrogen and oxygen atoms in total. The first-order valence-corrected chi connectivity index (χ1v) is 6.65. The third-order valence-electron chi connectivity index (χ3n) is 2.88. The van der Waals surface area contributed by atoms with Gasteiger partial charge in [-0.15, -0.1) is 0 Å². The van der Waals surface area contributed by atoms with Gasteiger partial charge in [0, 0.05) is 24.7 Å². The number of hydrogen-bond donors (Lipinski definition) is 1. The summed E-state index contributed by atoms with van der Waals surface area (Å²) in [6.45, 7) is 6.26. The lowest BCUT2D eigenvalue weighted by molar-refractivity contribution is 0.660. The average molecular weight is 250 g/mol. The molecule has 1 rings (SSSR count). The van der Waals surface area contributed by atoms with Crippen LogP contribution in [0.5, 0.6) is 0 Å². The Kier molecular flexibility index (Phi) is 5.98. The van der Waals surface area contributed by atoms with E-state index in [9.17, 15) is 0 Å². The second-order valence-electron chi connectivity index (χ2n) is 4.44. The van der Waals surface area contributed by atoms with Gasteiger partial charge in [-0.25, -0.2) is 0 Å². The van der Waals surface area contributed by atoms with Crippen LogP contribution in [0.1, 0.15) is 26.7 Å². The predicted octanol–water partition coefficient (Wildman–Crippen LogP) is 3.22. The van der Waals surface area contributed by atoms with E-state index in [1.165, 1.54) is 18.5 Å². The summed E-state index contributed by atoms with van der Waals surface area (Å²) < 4.78 is 0. The van der Waals surface area contributed by atoms with Crippen molar-refractivity contribution in [1.82, 2.24) is 0 Å². The maximum atomic E-state index is 5.70. The number of nitrogens with zero attached hydrogens (tertiary/aromatic N) is 1. The van der Waals surface area contributed by atoms with Crippen LogP contribution in [-0.4, -0.2) is 18.1 Å². The van der Waals surface area contributed by atoms with Crippen LogP contribution in [0.15, 0.2) is 30.3 Å². The molecule has 1 unspecified atom stereocenters. The minimum absolute atomic E-state index is 0.252. The SMILES string of the molecule is CCCCN(CC(C)C(N)=S)c1ccccc1. The summed E-state index contributed by atoms with van der Waals surface area (Å²) >= 11 is 5.05. The molecule has 0 saturated heterocycles. The number of unbranched alkanes of at least 4 members (excludes halogenated alkanes) is 1. The number of rotatable bonds is 7. The lowest BCUT2D eigenvalue weighted by atomic mass is 10.1. The van der Waals surface area contributed by atoms with E-state index in [1.54, 1.807) is 0 Å². The van der Waals surface area contributed by atoms with E-state index in [-0.39, 0.29) is 5.92 Å². The van der Waals surface area contributed by atoms with Gasteiger partial charge in [-0.1, -0.05) is 50.7 Å². The lowest BCUT2D eigenvalue weighted by Gasteiger charge is -2.27. The van der Waals surface area contributed by atoms with Crippen molar-refractivity contribution in [3.05, 3.63) is 30.3 Å². The summed E-state index contributed by atoms with van der Waals surface area (Å²) in [6, 6.07) is 10.5. The highest BCUT2D eigenvalue weighted by Crippen LogP contribution is 2.16. The molecule has 17 heavy (non-hydrogen) atoms. The van der Waals surface area contributed by atoms with Gasteiger partial charge in [-0.2, -0.15) is 0 Å². The number of hydrogen-bond acceptors (Lipinski definition) is 2. The van der Waals surface area contributed by atoms with E-state index in [1.807, 2.05) is 6.07 Å². The van der Waals surface area contributed by atoms with E-state index >= 15 is 0 Å². The Labute approximate surface area is 110 Å². The molecule has 0 aliphatic heterocycles. The molecule has 1 atom stereocenters. The molecule has 1 aromatic carbocycles. The molecule has 0 heterocycles. The Hall–Kier alpha value is -1.09. The monoisotopic (exact) mass is 250 g/mol. The topological polar surface area (TPSA) is 29.3 Å². The summed E-state index contributed by atoms with van der Waals surface area (Å²) in [5.41, 5.74) is 6.95. The van der Waals surface area contributed by atoms with Gasteiger partial charge in [0.2, 0.25) is 0 Å². The fourth-order valence-electron chi connectivity index (χ4n) is 1.73. The van der Waals surface area contributed by atoms with Crippen molar-refractivity contribution in [3.63, 3.8) is 0 Å². The number of benzene rings is 1. The molecule has 0 bridgehead atoms. The lowest BCUT2D eigenvalue weighted by Crippen LogP contribution is -2.34. The number of thiocarbonyl (C=S) groups is 1. The van der Waals surface area contributed by atoms with Gasteiger partial charge < -0.3 is 10.6 Å². The summed E-state index contributed by atoms with van der Waals surface area (Å²) in [4.78, 5) is 2.97. The van der Waals surface area contributed by atoms with Crippen LogP contribution in [-0.2, 0) is 0 Å². The first-order chi connectivity index (χ1) is 8.15. The average Bonchev–Trinajstić information content (AvgIpc) is 2.35. The largest absolute Gasteiger partial charge is 0.393 e. The normalized spacial score (nSPS) is 12.1. The molecule has 94 valence electrons. The first-order valence-electron chi connectivity index (χ1n) is 6.24. The van der Waals surface area contributed by atoms with E-state index in [2.05, 4.69) is 43.0 Å². The molecule has 1 aromatic rings. The van der Waals surface area contributed by atoms with Crippen LogP contribution in [0.3, 0.4) is 0 Å². The van der Waals surface area contributed by atoms with Gasteiger partial charge in [0.05, 0.1) is 4.99 Å². The molecule has 0 spiro atoms. The summed E-state index contributed by atoms with van der Waals surface area (Å²) in [7, 11) is 0. The Morgan fingerprint density at radius 3 is 2.53 bits per heavy atom. The molecular weight excluding hydrogens is 228 g/mol. The van der Waals surface area contributed by atoms with Crippen LogP contribution < -0.4 is 10.6 Å². The standard InChI is InChI=1S/C14H22N2S/c1-3-4-10-16(11-12(2)14(15)17)13-8-6-5-7-9-13/h5-9,12H,3-4,10-11H2,1-2H3,(H2,15,17). The van der Waals surface area contributed by atoms with Crippen LogP contribution in [0.25, 0.3) is 0 Å². The molecule has 0 aromatic heterocycles. The Morgan fingerprint density at radius 2 is 2.00 bits per heavy atom. The quantitative estimate of drug-likeness (QED) is 0.753. The highest BCUT2D eigenvalue weighted by atomic mass is 32.1. The third kappa shape index (κ3) is 4.73. The molecule has 0 amide bonds. The summed E-state index contributed by atoms with van der Waals surface area (Å²) in [5.74, 6) is 0.252. The maximum Gasteiger partial charge on any atom is 0.0773 e. The van der Waals surface area contributed by atoms with Gasteiger partial charge >= 0.3 is 0 Å². The van der Waals surface area contributed by atoms with E-state index in [0.717, 1.165) is 13.1 Å². The Morgan fingerprint density at radius 1 is 1.35 bits per heavy atom. The van der Waals surface area contributed by atoms with Gasteiger partial charge in [-0.05, 0) is 18.6 Å². The highest BCUT2D eigenvalue weighted by Gasteiger charge is 2.12. The van der Waals surface area contributed by atoms with Crippen LogP contribution in [0.2, 0.25) is 0 Å². The van der Waals surface area contributed by atoms with Crippen molar-refractivity contribution in [2.45, 2.75) is 26.7 Å². The predicted molar refractivity (Wildman–Crippen MR) is 79.5 cm³/mol. The Bertz CT molecular complexity index is 337. The van der Waals surface area contributed by atoms with Crippen LogP contribution in [0.4, 0.5) is 5.69 Å². The molecule has 0 aliphatic rings. The van der Waals surface area contributed by atoms with Crippen molar-refractivity contribution in [3.8, 4) is 0 Å². The summed E-state index contributed by atoms with van der Waals surface area (Å²) in [5, 5.41) is 0. The third-order valence-corrected chi connectivity index (χ3v) is 3.29. The second-order valence-corrected chi connectivity index (χ2v) is 4.91. The van der Waals surface area contributed by atoms with Crippen molar-refractivity contribution < 1.29 is 0 Å². The van der Waals surface area contributed by atoms with Gasteiger partial charge in [0.25, 0.3) is 0 Å². The maximum absolute atomic E-state index is 5.70. The number of para-hydroxylation sites is 1. The first kappa shape index (κ1) is 14.0. The zero-order chi connectivity index (χ0) is 12.7. The van der Waals surface area contributed by atoms with Crippen LogP contribution in [0, 0.1) is 5.92 Å². The molecule has 2 N–H and O–H groups in total.